The predicted molar refractivity (Wildman–Crippen MR) is 89.7 cm³/mol. The van der Waals surface area contributed by atoms with Gasteiger partial charge in [-0.3, -0.25) is 10.1 Å². The fraction of sp³-hybridized carbons (Fsp3) is 0.333. The highest BCUT2D eigenvalue weighted by atomic mass is 19.1. The predicted octanol–water partition coefficient (Wildman–Crippen LogP) is 3.89. The molecule has 5 nitrogen and oxygen atoms in total. The Morgan fingerprint density at radius 2 is 1.92 bits per heavy atom. The Balaban J connectivity index is 1.87. The van der Waals surface area contributed by atoms with Crippen molar-refractivity contribution < 1.29 is 14.1 Å². The standard InChI is InChI=1S/C18H19FN2O3/c19-15-5-3-4-14(12-15)18(8-10-24-11-9-18)13-20-16-6-1-2-7-17(16)21(22)23/h1-7,12,20H,8-11,13H2. The maximum absolute atomic E-state index is 13.7. The van der Waals surface area contributed by atoms with Gasteiger partial charge in [0.1, 0.15) is 11.5 Å². The van der Waals surface area contributed by atoms with Crippen LogP contribution >= 0.6 is 0 Å². The van der Waals surface area contributed by atoms with Gasteiger partial charge in [-0.05, 0) is 36.6 Å². The second-order valence-electron chi connectivity index (χ2n) is 6.03. The number of benzene rings is 2. The Labute approximate surface area is 139 Å². The minimum absolute atomic E-state index is 0.0407. The van der Waals surface area contributed by atoms with Crippen LogP contribution in [0, 0.1) is 15.9 Å². The highest BCUT2D eigenvalue weighted by Crippen LogP contribution is 2.36. The van der Waals surface area contributed by atoms with Gasteiger partial charge in [-0.15, -0.1) is 0 Å². The maximum Gasteiger partial charge on any atom is 0.292 e. The van der Waals surface area contributed by atoms with Crippen LogP contribution in [0.3, 0.4) is 0 Å². The average molecular weight is 330 g/mol. The fourth-order valence-electron chi connectivity index (χ4n) is 3.19. The van der Waals surface area contributed by atoms with Crippen LogP contribution in [0.25, 0.3) is 0 Å². The molecule has 0 aliphatic carbocycles. The fourth-order valence-corrected chi connectivity index (χ4v) is 3.19. The third-order valence-corrected chi connectivity index (χ3v) is 4.60. The summed E-state index contributed by atoms with van der Waals surface area (Å²) in [4.78, 5) is 10.8. The summed E-state index contributed by atoms with van der Waals surface area (Å²) in [5, 5.41) is 14.4. The van der Waals surface area contributed by atoms with Gasteiger partial charge < -0.3 is 10.1 Å². The molecular formula is C18H19FN2O3. The number of nitro groups is 1. The highest BCUT2D eigenvalue weighted by molar-refractivity contribution is 5.61. The van der Waals surface area contributed by atoms with Crippen LogP contribution in [0.15, 0.2) is 48.5 Å². The summed E-state index contributed by atoms with van der Waals surface area (Å²) < 4.78 is 19.1. The summed E-state index contributed by atoms with van der Waals surface area (Å²) in [5.41, 5.74) is 1.12. The molecule has 3 rings (SSSR count). The van der Waals surface area contributed by atoms with E-state index in [9.17, 15) is 14.5 Å². The van der Waals surface area contributed by atoms with E-state index in [-0.39, 0.29) is 16.9 Å². The molecule has 2 aromatic rings. The van der Waals surface area contributed by atoms with E-state index in [1.54, 1.807) is 30.3 Å². The summed E-state index contributed by atoms with van der Waals surface area (Å²) in [6.45, 7) is 1.68. The summed E-state index contributed by atoms with van der Waals surface area (Å²) in [6, 6.07) is 13.1. The second-order valence-corrected chi connectivity index (χ2v) is 6.03. The Hall–Kier alpha value is -2.47. The van der Waals surface area contributed by atoms with Crippen LogP contribution in [0.5, 0.6) is 0 Å². The zero-order valence-corrected chi connectivity index (χ0v) is 13.2. The minimum Gasteiger partial charge on any atom is -0.381 e. The topological polar surface area (TPSA) is 64.4 Å². The molecule has 0 spiro atoms. The molecule has 1 saturated heterocycles. The van der Waals surface area contributed by atoms with Gasteiger partial charge in [0.2, 0.25) is 0 Å². The first-order valence-electron chi connectivity index (χ1n) is 7.92. The van der Waals surface area contributed by atoms with E-state index in [1.807, 2.05) is 6.07 Å². The highest BCUT2D eigenvalue weighted by Gasteiger charge is 2.35. The third kappa shape index (κ3) is 3.38. The molecular weight excluding hydrogens is 311 g/mol. The Bertz CT molecular complexity index is 730. The number of nitro benzene ring substituents is 1. The molecule has 0 bridgehead atoms. The summed E-state index contributed by atoms with van der Waals surface area (Å²) >= 11 is 0. The van der Waals surface area contributed by atoms with Gasteiger partial charge in [-0.1, -0.05) is 24.3 Å². The lowest BCUT2D eigenvalue weighted by atomic mass is 9.74. The SMILES string of the molecule is O=[N+]([O-])c1ccccc1NCC1(c2cccc(F)c2)CCOCC1. The number of hydrogen-bond acceptors (Lipinski definition) is 4. The lowest BCUT2D eigenvalue weighted by Crippen LogP contribution is -2.40. The van der Waals surface area contributed by atoms with Crippen molar-refractivity contribution >= 4 is 11.4 Å². The normalized spacial score (nSPS) is 16.5. The number of ether oxygens (including phenoxy) is 1. The molecule has 1 aliphatic rings. The molecule has 1 fully saturated rings. The zero-order valence-electron chi connectivity index (χ0n) is 13.2. The van der Waals surface area contributed by atoms with Crippen molar-refractivity contribution in [1.82, 2.24) is 0 Å². The number of nitrogens with zero attached hydrogens (tertiary/aromatic N) is 1. The third-order valence-electron chi connectivity index (χ3n) is 4.60. The molecule has 0 unspecified atom stereocenters. The van der Waals surface area contributed by atoms with Crippen molar-refractivity contribution in [3.05, 3.63) is 70.0 Å². The molecule has 0 aromatic heterocycles. The Morgan fingerprint density at radius 1 is 1.17 bits per heavy atom. The van der Waals surface area contributed by atoms with Crippen LogP contribution in [0.4, 0.5) is 15.8 Å². The Morgan fingerprint density at radius 3 is 2.62 bits per heavy atom. The first kappa shape index (κ1) is 16.4. The zero-order chi connectivity index (χ0) is 17.0. The van der Waals surface area contributed by atoms with Crippen molar-refractivity contribution in [3.8, 4) is 0 Å². The van der Waals surface area contributed by atoms with Crippen LogP contribution in [-0.4, -0.2) is 24.7 Å². The van der Waals surface area contributed by atoms with Crippen molar-refractivity contribution in [2.24, 2.45) is 0 Å². The summed E-state index contributed by atoms with van der Waals surface area (Å²) in [6.07, 6.45) is 1.48. The van der Waals surface area contributed by atoms with E-state index in [2.05, 4.69) is 5.32 Å². The lowest BCUT2D eigenvalue weighted by molar-refractivity contribution is -0.384. The van der Waals surface area contributed by atoms with Crippen LogP contribution in [-0.2, 0) is 10.2 Å². The summed E-state index contributed by atoms with van der Waals surface area (Å²) in [7, 11) is 0. The molecule has 0 radical (unpaired) electrons. The molecule has 1 aliphatic heterocycles. The lowest BCUT2D eigenvalue weighted by Gasteiger charge is -2.38. The van der Waals surface area contributed by atoms with Crippen LogP contribution in [0.1, 0.15) is 18.4 Å². The molecule has 6 heteroatoms. The van der Waals surface area contributed by atoms with Gasteiger partial charge in [0.25, 0.3) is 5.69 Å². The number of anilines is 1. The second kappa shape index (κ2) is 6.97. The first-order valence-corrected chi connectivity index (χ1v) is 7.92. The number of para-hydroxylation sites is 2. The van der Waals surface area contributed by atoms with Gasteiger partial charge >= 0.3 is 0 Å². The van der Waals surface area contributed by atoms with Gasteiger partial charge in [-0.2, -0.15) is 0 Å². The largest absolute Gasteiger partial charge is 0.381 e. The van der Waals surface area contributed by atoms with Gasteiger partial charge in [0.05, 0.1) is 4.92 Å². The molecule has 2 aromatic carbocycles. The molecule has 24 heavy (non-hydrogen) atoms. The van der Waals surface area contributed by atoms with Gasteiger partial charge in [-0.25, -0.2) is 4.39 Å². The van der Waals surface area contributed by atoms with Gasteiger partial charge in [0, 0.05) is 31.2 Å². The smallest absolute Gasteiger partial charge is 0.292 e. The first-order chi connectivity index (χ1) is 11.6. The van der Waals surface area contributed by atoms with E-state index >= 15 is 0 Å². The molecule has 1 N–H and O–H groups in total. The minimum atomic E-state index is -0.402. The van der Waals surface area contributed by atoms with E-state index in [0.29, 0.717) is 25.4 Å². The van der Waals surface area contributed by atoms with Crippen LogP contribution in [0.2, 0.25) is 0 Å². The molecule has 0 atom stereocenters. The van der Waals surface area contributed by atoms with E-state index in [4.69, 9.17) is 4.74 Å². The number of nitrogens with one attached hydrogen (secondary N) is 1. The average Bonchev–Trinajstić information content (AvgIpc) is 2.61. The Kier molecular flexibility index (Phi) is 4.76. The molecule has 0 amide bonds. The maximum atomic E-state index is 13.7. The number of hydrogen-bond donors (Lipinski definition) is 1. The van der Waals surface area contributed by atoms with Crippen LogP contribution < -0.4 is 5.32 Å². The van der Waals surface area contributed by atoms with Crippen molar-refractivity contribution in [2.45, 2.75) is 18.3 Å². The molecule has 0 saturated carbocycles. The molecule has 126 valence electrons. The van der Waals surface area contributed by atoms with E-state index in [0.717, 1.165) is 18.4 Å². The van der Waals surface area contributed by atoms with Gasteiger partial charge in [0.15, 0.2) is 0 Å². The van der Waals surface area contributed by atoms with E-state index in [1.165, 1.54) is 12.1 Å². The summed E-state index contributed by atoms with van der Waals surface area (Å²) in [5.74, 6) is -0.274. The van der Waals surface area contributed by atoms with Crippen molar-refractivity contribution in [2.75, 3.05) is 25.1 Å². The number of rotatable bonds is 5. The molecule has 1 heterocycles. The van der Waals surface area contributed by atoms with Crippen molar-refractivity contribution in [1.29, 1.82) is 0 Å². The quantitative estimate of drug-likeness (QED) is 0.667. The van der Waals surface area contributed by atoms with Crippen molar-refractivity contribution in [3.63, 3.8) is 0 Å². The van der Waals surface area contributed by atoms with E-state index < -0.39 is 4.92 Å². The number of halogens is 1. The monoisotopic (exact) mass is 330 g/mol.